The lowest BCUT2D eigenvalue weighted by atomic mass is 9.98. The summed E-state index contributed by atoms with van der Waals surface area (Å²) >= 11 is -2.07. The van der Waals surface area contributed by atoms with E-state index in [1.54, 1.807) is 49.4 Å². The fourth-order valence-corrected chi connectivity index (χ4v) is 6.22. The highest BCUT2D eigenvalue weighted by molar-refractivity contribution is 7.90. The molecule has 0 aliphatic heterocycles. The van der Waals surface area contributed by atoms with Gasteiger partial charge in [0.15, 0.2) is 16.7 Å². The van der Waals surface area contributed by atoms with Crippen LogP contribution in [0.15, 0.2) is 65.7 Å². The van der Waals surface area contributed by atoms with Gasteiger partial charge in [0.2, 0.25) is 0 Å². The summed E-state index contributed by atoms with van der Waals surface area (Å²) in [6.07, 6.45) is 2.52. The molecule has 1 saturated carbocycles. The molecular formula is C24H21FN2O4S2. The zero-order valence-electron chi connectivity index (χ0n) is 17.9. The van der Waals surface area contributed by atoms with E-state index in [0.717, 1.165) is 9.54 Å². The number of pyridine rings is 1. The number of benzene rings is 2. The minimum Gasteiger partial charge on any atom is -0.305 e. The monoisotopic (exact) mass is 484 g/mol. The van der Waals surface area contributed by atoms with Crippen LogP contribution in [-0.4, -0.2) is 26.1 Å². The number of nitrogens with zero attached hydrogens (tertiary/aromatic N) is 2. The highest BCUT2D eigenvalue weighted by Crippen LogP contribution is 2.51. The van der Waals surface area contributed by atoms with E-state index in [4.69, 9.17) is 0 Å². The van der Waals surface area contributed by atoms with Crippen LogP contribution in [-0.2, 0) is 25.9 Å². The van der Waals surface area contributed by atoms with Gasteiger partial charge in [-0.3, -0.25) is 0 Å². The van der Waals surface area contributed by atoms with Crippen LogP contribution in [0.4, 0.5) is 4.39 Å². The van der Waals surface area contributed by atoms with E-state index >= 15 is 0 Å². The number of aromatic nitrogens is 2. The summed E-state index contributed by atoms with van der Waals surface area (Å²) in [4.78, 5) is 4.57. The molecule has 0 spiro atoms. The predicted molar refractivity (Wildman–Crippen MR) is 125 cm³/mol. The molecule has 2 heterocycles. The molecule has 1 aliphatic carbocycles. The second-order valence-corrected chi connectivity index (χ2v) is 11.5. The number of hydrogen-bond donors (Lipinski definition) is 1. The lowest BCUT2D eigenvalue weighted by Crippen LogP contribution is -2.14. The molecule has 0 bridgehead atoms. The van der Waals surface area contributed by atoms with Crippen molar-refractivity contribution >= 4 is 32.1 Å². The van der Waals surface area contributed by atoms with Crippen LogP contribution in [0.1, 0.15) is 29.7 Å². The van der Waals surface area contributed by atoms with E-state index in [1.165, 1.54) is 18.3 Å². The summed E-state index contributed by atoms with van der Waals surface area (Å²) in [5, 5.41) is 0.474. The molecule has 2 aromatic heterocycles. The molecule has 170 valence electrons. The quantitative estimate of drug-likeness (QED) is 0.407. The predicted octanol–water partition coefficient (Wildman–Crippen LogP) is 4.91. The highest BCUT2D eigenvalue weighted by atomic mass is 32.2. The highest BCUT2D eigenvalue weighted by Gasteiger charge is 2.50. The number of hydrogen-bond acceptors (Lipinski definition) is 4. The van der Waals surface area contributed by atoms with Gasteiger partial charge in [0.05, 0.1) is 9.64 Å². The van der Waals surface area contributed by atoms with Gasteiger partial charge in [0.1, 0.15) is 5.82 Å². The third kappa shape index (κ3) is 3.51. The Morgan fingerprint density at radius 3 is 2.36 bits per heavy atom. The Morgan fingerprint density at radius 2 is 1.73 bits per heavy atom. The average molecular weight is 485 g/mol. The van der Waals surface area contributed by atoms with Gasteiger partial charge in [0, 0.05) is 22.8 Å². The van der Waals surface area contributed by atoms with E-state index in [2.05, 4.69) is 4.98 Å². The van der Waals surface area contributed by atoms with Crippen LogP contribution in [0.5, 0.6) is 0 Å². The minimum atomic E-state index is -3.91. The van der Waals surface area contributed by atoms with E-state index in [-0.39, 0.29) is 16.1 Å². The molecule has 2 aromatic carbocycles. The van der Waals surface area contributed by atoms with Crippen molar-refractivity contribution in [2.75, 3.05) is 0 Å². The van der Waals surface area contributed by atoms with Gasteiger partial charge in [0.25, 0.3) is 10.0 Å². The first-order valence-electron chi connectivity index (χ1n) is 10.4. The van der Waals surface area contributed by atoms with Gasteiger partial charge in [-0.2, -0.15) is 0 Å². The lowest BCUT2D eigenvalue weighted by molar-refractivity contribution is 0.547. The van der Waals surface area contributed by atoms with Crippen LogP contribution in [0, 0.1) is 19.7 Å². The Hall–Kier alpha value is -2.88. The van der Waals surface area contributed by atoms with Crippen molar-refractivity contribution in [1.29, 1.82) is 0 Å². The van der Waals surface area contributed by atoms with E-state index < -0.39 is 31.7 Å². The van der Waals surface area contributed by atoms with Crippen molar-refractivity contribution in [2.24, 2.45) is 0 Å². The standard InChI is InChI=1S/C24H21FN2O4S2/c1-15-3-6-18(7-4-15)33(30,31)27-12-9-19-20(13-16(2)26-23(19)27)21-14-17(5-8-22(21)25)24(10-11-24)32(28)29/h3-9,12-14H,10-11H2,1-2H3,(H,28,29). The number of aryl methyl sites for hydroxylation is 2. The van der Waals surface area contributed by atoms with Gasteiger partial charge in [-0.05, 0) is 74.2 Å². The van der Waals surface area contributed by atoms with Gasteiger partial charge in [-0.1, -0.05) is 23.8 Å². The molecule has 1 unspecified atom stereocenters. The molecule has 4 aromatic rings. The Morgan fingerprint density at radius 1 is 1.03 bits per heavy atom. The van der Waals surface area contributed by atoms with Gasteiger partial charge in [-0.25, -0.2) is 26.0 Å². The minimum absolute atomic E-state index is 0.129. The summed E-state index contributed by atoms with van der Waals surface area (Å²) in [5.74, 6) is -0.501. The maximum atomic E-state index is 15.0. The number of fused-ring (bicyclic) bond motifs is 1. The summed E-state index contributed by atoms with van der Waals surface area (Å²) in [5.41, 5.74) is 2.97. The molecule has 0 amide bonds. The van der Waals surface area contributed by atoms with Crippen molar-refractivity contribution in [3.8, 4) is 11.1 Å². The molecule has 1 aliphatic rings. The zero-order valence-corrected chi connectivity index (χ0v) is 19.6. The van der Waals surface area contributed by atoms with Crippen LogP contribution in [0.3, 0.4) is 0 Å². The van der Waals surface area contributed by atoms with Crippen LogP contribution in [0.25, 0.3) is 22.2 Å². The first-order chi connectivity index (χ1) is 15.6. The molecule has 0 radical (unpaired) electrons. The molecule has 0 saturated heterocycles. The second kappa shape index (κ2) is 7.58. The Labute approximate surface area is 193 Å². The Balaban J connectivity index is 1.71. The largest absolute Gasteiger partial charge is 0.305 e. The number of rotatable bonds is 5. The van der Waals surface area contributed by atoms with Crippen LogP contribution >= 0.6 is 0 Å². The first kappa shape index (κ1) is 21.9. The van der Waals surface area contributed by atoms with Crippen molar-refractivity contribution in [3.63, 3.8) is 0 Å². The van der Waals surface area contributed by atoms with E-state index in [9.17, 15) is 21.6 Å². The molecule has 5 rings (SSSR count). The number of halogens is 1. The normalized spacial score (nSPS) is 16.1. The average Bonchev–Trinajstić information content (AvgIpc) is 3.47. The molecule has 9 heteroatoms. The fourth-order valence-electron chi connectivity index (χ4n) is 4.15. The summed E-state index contributed by atoms with van der Waals surface area (Å²) in [6.45, 7) is 3.59. The van der Waals surface area contributed by atoms with Crippen LogP contribution in [0.2, 0.25) is 0 Å². The third-order valence-electron chi connectivity index (χ3n) is 6.15. The summed E-state index contributed by atoms with van der Waals surface area (Å²) in [6, 6.07) is 14.3. The van der Waals surface area contributed by atoms with Gasteiger partial charge < -0.3 is 4.55 Å². The first-order valence-corrected chi connectivity index (χ1v) is 12.9. The SMILES string of the molecule is Cc1ccc(S(=O)(=O)n2ccc3c(-c4cc(C5(S(=O)O)CC5)ccc4F)cc(C)nc32)cc1. The molecule has 1 N–H and O–H groups in total. The summed E-state index contributed by atoms with van der Waals surface area (Å²) < 4.78 is 63.5. The van der Waals surface area contributed by atoms with Crippen LogP contribution < -0.4 is 0 Å². The van der Waals surface area contributed by atoms with Crippen molar-refractivity contribution in [1.82, 2.24) is 8.96 Å². The van der Waals surface area contributed by atoms with Crippen molar-refractivity contribution in [3.05, 3.63) is 83.4 Å². The van der Waals surface area contributed by atoms with Gasteiger partial charge in [-0.15, -0.1) is 0 Å². The molecule has 1 fully saturated rings. The topological polar surface area (TPSA) is 89.3 Å². The van der Waals surface area contributed by atoms with Gasteiger partial charge >= 0.3 is 0 Å². The smallest absolute Gasteiger partial charge is 0.269 e. The maximum Gasteiger partial charge on any atom is 0.269 e. The molecule has 6 nitrogen and oxygen atoms in total. The summed E-state index contributed by atoms with van der Waals surface area (Å²) in [7, 11) is -3.91. The molecule has 33 heavy (non-hydrogen) atoms. The van der Waals surface area contributed by atoms with E-state index in [1.807, 2.05) is 6.92 Å². The second-order valence-electron chi connectivity index (χ2n) is 8.42. The maximum absolute atomic E-state index is 15.0. The molecule has 1 atom stereocenters. The Kier molecular flexibility index (Phi) is 5.04. The molecular weight excluding hydrogens is 463 g/mol. The third-order valence-corrected chi connectivity index (χ3v) is 9.14. The fraction of sp³-hybridized carbons (Fsp3) is 0.208. The lowest BCUT2D eigenvalue weighted by Gasteiger charge is -2.14. The Bertz CT molecular complexity index is 1540. The van der Waals surface area contributed by atoms with E-state index in [0.29, 0.717) is 35.0 Å². The zero-order chi connectivity index (χ0) is 23.5. The van der Waals surface area contributed by atoms with Crippen molar-refractivity contribution < 1.29 is 21.6 Å². The van der Waals surface area contributed by atoms with Crippen molar-refractivity contribution in [2.45, 2.75) is 36.3 Å².